The molecule has 3 rings (SSSR count). The lowest BCUT2D eigenvalue weighted by molar-refractivity contribution is -0.145. The van der Waals surface area contributed by atoms with Crippen molar-refractivity contribution in [1.82, 2.24) is 10.3 Å². The molecular weight excluding hydrogens is 340 g/mol. The normalized spacial score (nSPS) is 19.3. The lowest BCUT2D eigenvalue weighted by atomic mass is 10.0. The Balaban J connectivity index is 0.00000225. The Hall–Kier alpha value is -2.11. The van der Waals surface area contributed by atoms with Gasteiger partial charge in [0.2, 0.25) is 5.88 Å². The number of rotatable bonds is 5. The zero-order chi connectivity index (χ0) is 17.1. The topological polar surface area (TPSA) is 60.5 Å². The first-order valence-electron chi connectivity index (χ1n) is 8.20. The molecule has 1 saturated heterocycles. The maximum Gasteiger partial charge on any atom is 0.323 e. The minimum Gasteiger partial charge on any atom is -0.472 e. The molecule has 5 nitrogen and oxygen atoms in total. The highest BCUT2D eigenvalue weighted by Gasteiger charge is 2.32. The van der Waals surface area contributed by atoms with E-state index in [-0.39, 0.29) is 30.5 Å². The van der Waals surface area contributed by atoms with Crippen LogP contribution < -0.4 is 10.1 Å². The minimum atomic E-state index is -0.309. The first-order chi connectivity index (χ1) is 11.6. The highest BCUT2D eigenvalue weighted by atomic mass is 35.5. The molecule has 2 atom stereocenters. The molecule has 2 heterocycles. The number of hydrogen-bond acceptors (Lipinski definition) is 5. The fraction of sp³-hybridized carbons (Fsp3) is 0.368. The third-order valence-corrected chi connectivity index (χ3v) is 4.27. The van der Waals surface area contributed by atoms with E-state index in [0.717, 1.165) is 16.3 Å². The lowest BCUT2D eigenvalue weighted by Crippen LogP contribution is -2.32. The van der Waals surface area contributed by atoms with Crippen molar-refractivity contribution in [2.75, 3.05) is 13.2 Å². The summed E-state index contributed by atoms with van der Waals surface area (Å²) in [6, 6.07) is 5.81. The quantitative estimate of drug-likeness (QED) is 0.827. The highest BCUT2D eigenvalue weighted by molar-refractivity contribution is 5.89. The van der Waals surface area contributed by atoms with Crippen molar-refractivity contribution in [2.24, 2.45) is 0 Å². The summed E-state index contributed by atoms with van der Waals surface area (Å²) in [7, 11) is 0. The van der Waals surface area contributed by atoms with Crippen LogP contribution in [0.3, 0.4) is 0 Å². The van der Waals surface area contributed by atoms with E-state index < -0.39 is 0 Å². The summed E-state index contributed by atoms with van der Waals surface area (Å²) in [5.74, 6) is 0.367. The van der Waals surface area contributed by atoms with Crippen molar-refractivity contribution in [2.45, 2.75) is 32.4 Å². The molecule has 1 aromatic carbocycles. The Bertz CT molecular complexity index is 779. The van der Waals surface area contributed by atoms with Gasteiger partial charge in [0, 0.05) is 24.5 Å². The van der Waals surface area contributed by atoms with Crippen LogP contribution in [0.15, 0.2) is 31.0 Å². The summed E-state index contributed by atoms with van der Waals surface area (Å²) in [6.07, 6.45) is 4.05. The van der Waals surface area contributed by atoms with Crippen LogP contribution in [-0.2, 0) is 9.53 Å². The number of hydrogen-bond donors (Lipinski definition) is 1. The Morgan fingerprint density at radius 2 is 2.28 bits per heavy atom. The molecule has 1 aliphatic heterocycles. The average molecular weight is 363 g/mol. The van der Waals surface area contributed by atoms with E-state index in [4.69, 9.17) is 9.47 Å². The van der Waals surface area contributed by atoms with Crippen molar-refractivity contribution < 1.29 is 14.3 Å². The van der Waals surface area contributed by atoms with Gasteiger partial charge in [-0.15, -0.1) is 12.4 Å². The fourth-order valence-corrected chi connectivity index (χ4v) is 3.01. The lowest BCUT2D eigenvalue weighted by Gasteiger charge is -2.14. The number of nitrogens with zero attached hydrogens (tertiary/aromatic N) is 1. The van der Waals surface area contributed by atoms with Crippen LogP contribution in [0.2, 0.25) is 0 Å². The van der Waals surface area contributed by atoms with Crippen LogP contribution in [0, 0.1) is 6.92 Å². The maximum atomic E-state index is 11.8. The molecule has 0 radical (unpaired) electrons. The van der Waals surface area contributed by atoms with Gasteiger partial charge < -0.3 is 14.8 Å². The number of pyridine rings is 1. The summed E-state index contributed by atoms with van der Waals surface area (Å²) in [6.45, 7) is 8.70. The maximum absolute atomic E-state index is 11.8. The van der Waals surface area contributed by atoms with E-state index in [0.29, 0.717) is 25.5 Å². The third-order valence-electron chi connectivity index (χ3n) is 4.27. The van der Waals surface area contributed by atoms with Gasteiger partial charge in [-0.3, -0.25) is 4.79 Å². The van der Waals surface area contributed by atoms with Crippen molar-refractivity contribution in [1.29, 1.82) is 0 Å². The van der Waals surface area contributed by atoms with Gasteiger partial charge in [0.05, 0.1) is 6.61 Å². The average Bonchev–Trinajstić information content (AvgIpc) is 3.03. The van der Waals surface area contributed by atoms with Crippen molar-refractivity contribution in [3.05, 3.63) is 42.1 Å². The number of benzene rings is 1. The zero-order valence-electron chi connectivity index (χ0n) is 14.5. The second-order valence-electron chi connectivity index (χ2n) is 5.94. The van der Waals surface area contributed by atoms with E-state index >= 15 is 0 Å². The number of esters is 1. The Morgan fingerprint density at radius 3 is 3.00 bits per heavy atom. The molecule has 1 aliphatic rings. The Kier molecular flexibility index (Phi) is 6.39. The fourth-order valence-electron chi connectivity index (χ4n) is 3.01. The monoisotopic (exact) mass is 362 g/mol. The van der Waals surface area contributed by atoms with Crippen molar-refractivity contribution in [3.8, 4) is 5.88 Å². The number of aromatic nitrogens is 1. The molecule has 2 aromatic rings. The van der Waals surface area contributed by atoms with Crippen LogP contribution >= 0.6 is 12.4 Å². The molecule has 1 fully saturated rings. The number of carbonyl (C=O) groups excluding carboxylic acids is 1. The molecule has 0 amide bonds. The number of ether oxygens (including phenoxy) is 2. The molecule has 1 aromatic heterocycles. The molecule has 6 heteroatoms. The Labute approximate surface area is 153 Å². The van der Waals surface area contributed by atoms with Gasteiger partial charge in [-0.25, -0.2) is 4.98 Å². The number of aryl methyl sites for hydroxylation is 1. The standard InChI is InChI=1S/C19H22N2O3.ClH/c1-4-13-9-16-14(8-12(13)3)6-7-20-18(16)24-15-10-17(21-11-15)19(22)23-5-2;/h4,6-9,15,17,21H,1,5,10-11H2,2-3H3;1H/t15-,17+;/m1./s1. The van der Waals surface area contributed by atoms with Crippen LogP contribution in [-0.4, -0.2) is 36.3 Å². The first kappa shape index (κ1) is 19.2. The molecule has 0 bridgehead atoms. The minimum absolute atomic E-state index is 0. The van der Waals surface area contributed by atoms with E-state index in [1.54, 1.807) is 13.1 Å². The van der Waals surface area contributed by atoms with Crippen LogP contribution in [0.4, 0.5) is 0 Å². The number of fused-ring (bicyclic) bond motifs is 1. The van der Waals surface area contributed by atoms with E-state index in [2.05, 4.69) is 29.9 Å². The second-order valence-corrected chi connectivity index (χ2v) is 5.94. The molecule has 0 aliphatic carbocycles. The van der Waals surface area contributed by atoms with Crippen LogP contribution in [0.1, 0.15) is 24.5 Å². The summed E-state index contributed by atoms with van der Waals surface area (Å²) < 4.78 is 11.1. The van der Waals surface area contributed by atoms with E-state index in [1.165, 1.54) is 5.56 Å². The predicted molar refractivity (Wildman–Crippen MR) is 101 cm³/mol. The summed E-state index contributed by atoms with van der Waals surface area (Å²) in [5.41, 5.74) is 2.23. The number of carbonyl (C=O) groups is 1. The van der Waals surface area contributed by atoms with Crippen molar-refractivity contribution >= 4 is 35.2 Å². The van der Waals surface area contributed by atoms with Crippen LogP contribution in [0.5, 0.6) is 5.88 Å². The molecule has 0 saturated carbocycles. The number of nitrogens with one attached hydrogen (secondary N) is 1. The van der Waals surface area contributed by atoms with Gasteiger partial charge in [0.15, 0.2) is 0 Å². The van der Waals surface area contributed by atoms with Gasteiger partial charge in [-0.2, -0.15) is 0 Å². The van der Waals surface area contributed by atoms with Gasteiger partial charge in [-0.1, -0.05) is 18.7 Å². The zero-order valence-corrected chi connectivity index (χ0v) is 15.3. The smallest absolute Gasteiger partial charge is 0.323 e. The van der Waals surface area contributed by atoms with Crippen LogP contribution in [0.25, 0.3) is 16.8 Å². The van der Waals surface area contributed by atoms with E-state index in [1.807, 2.05) is 18.2 Å². The molecule has 25 heavy (non-hydrogen) atoms. The summed E-state index contributed by atoms with van der Waals surface area (Å²) in [5, 5.41) is 5.18. The molecule has 0 unspecified atom stereocenters. The molecule has 0 spiro atoms. The summed E-state index contributed by atoms with van der Waals surface area (Å²) >= 11 is 0. The van der Waals surface area contributed by atoms with Crippen molar-refractivity contribution in [3.63, 3.8) is 0 Å². The van der Waals surface area contributed by atoms with E-state index in [9.17, 15) is 4.79 Å². The predicted octanol–water partition coefficient (Wildman–Crippen LogP) is 3.28. The van der Waals surface area contributed by atoms with Gasteiger partial charge in [0.1, 0.15) is 12.1 Å². The number of halogens is 1. The molecule has 134 valence electrons. The molecular formula is C19H23ClN2O3. The Morgan fingerprint density at radius 1 is 1.48 bits per heavy atom. The third kappa shape index (κ3) is 4.11. The van der Waals surface area contributed by atoms with Gasteiger partial charge >= 0.3 is 5.97 Å². The first-order valence-corrected chi connectivity index (χ1v) is 8.20. The summed E-state index contributed by atoms with van der Waals surface area (Å²) in [4.78, 5) is 16.2. The van der Waals surface area contributed by atoms with Gasteiger partial charge in [-0.05, 0) is 42.5 Å². The SMILES string of the molecule is C=Cc1cc2c(O[C@H]3CN[C@H](C(=O)OCC)C3)nccc2cc1C.Cl. The largest absolute Gasteiger partial charge is 0.472 e. The van der Waals surface area contributed by atoms with Gasteiger partial charge in [0.25, 0.3) is 0 Å². The highest BCUT2D eigenvalue weighted by Crippen LogP contribution is 2.28. The second kappa shape index (κ2) is 8.32. The molecule has 1 N–H and O–H groups in total.